The third-order valence-electron chi connectivity index (χ3n) is 3.42. The second kappa shape index (κ2) is 7.07. The van der Waals surface area contributed by atoms with Gasteiger partial charge in [0.05, 0.1) is 12.6 Å². The molecule has 0 saturated carbocycles. The van der Waals surface area contributed by atoms with E-state index in [1.54, 1.807) is 6.92 Å². The molecule has 1 atom stereocenters. The first-order chi connectivity index (χ1) is 8.40. The molecule has 1 fully saturated rings. The zero-order valence-electron chi connectivity index (χ0n) is 12.1. The van der Waals surface area contributed by atoms with Crippen LogP contribution in [0.2, 0.25) is 0 Å². The Hall–Kier alpha value is -0.650. The van der Waals surface area contributed by atoms with Gasteiger partial charge in [0.15, 0.2) is 0 Å². The van der Waals surface area contributed by atoms with Gasteiger partial charge in [0.25, 0.3) is 0 Å². The molecule has 1 aliphatic rings. The minimum Gasteiger partial charge on any atom is -0.392 e. The normalized spacial score (nSPS) is 19.6. The van der Waals surface area contributed by atoms with Crippen LogP contribution in [0.5, 0.6) is 0 Å². The molecule has 0 aromatic carbocycles. The van der Waals surface area contributed by atoms with Crippen LogP contribution in [-0.4, -0.2) is 84.2 Å². The monoisotopic (exact) mass is 257 g/mol. The first-order valence-electron chi connectivity index (χ1n) is 6.78. The highest BCUT2D eigenvalue weighted by molar-refractivity contribution is 5.78. The van der Waals surface area contributed by atoms with Crippen LogP contribution in [0, 0.1) is 0 Å². The molecule has 5 nitrogen and oxygen atoms in total. The Balaban J connectivity index is 2.45. The van der Waals surface area contributed by atoms with Crippen molar-refractivity contribution in [3.05, 3.63) is 0 Å². The topological polar surface area (TPSA) is 47.0 Å². The van der Waals surface area contributed by atoms with Gasteiger partial charge in [-0.1, -0.05) is 0 Å². The van der Waals surface area contributed by atoms with Crippen LogP contribution in [0.25, 0.3) is 0 Å². The molecule has 1 unspecified atom stereocenters. The van der Waals surface area contributed by atoms with Gasteiger partial charge in [0, 0.05) is 38.8 Å². The van der Waals surface area contributed by atoms with Crippen molar-refractivity contribution in [1.29, 1.82) is 0 Å². The van der Waals surface area contributed by atoms with Crippen LogP contribution in [0.4, 0.5) is 0 Å². The predicted molar refractivity (Wildman–Crippen MR) is 72.5 cm³/mol. The zero-order valence-corrected chi connectivity index (χ0v) is 12.1. The van der Waals surface area contributed by atoms with Crippen LogP contribution in [0.3, 0.4) is 0 Å². The number of nitrogens with zero attached hydrogens (tertiary/aromatic N) is 3. The lowest BCUT2D eigenvalue weighted by atomic mass is 10.2. The Labute approximate surface area is 110 Å². The molecule has 1 N–H and O–H groups in total. The highest BCUT2D eigenvalue weighted by atomic mass is 16.3. The van der Waals surface area contributed by atoms with Crippen molar-refractivity contribution in [1.82, 2.24) is 14.7 Å². The van der Waals surface area contributed by atoms with Crippen molar-refractivity contribution in [2.45, 2.75) is 32.9 Å². The zero-order chi connectivity index (χ0) is 13.7. The average Bonchev–Trinajstić information content (AvgIpc) is 2.28. The van der Waals surface area contributed by atoms with Crippen molar-refractivity contribution in [2.24, 2.45) is 0 Å². The first kappa shape index (κ1) is 15.4. The number of likely N-dealkylation sites (N-methyl/N-ethyl adjacent to an activating group) is 1. The van der Waals surface area contributed by atoms with Crippen LogP contribution in [0.15, 0.2) is 0 Å². The van der Waals surface area contributed by atoms with Crippen LogP contribution in [0.1, 0.15) is 20.8 Å². The van der Waals surface area contributed by atoms with Gasteiger partial charge in [-0.25, -0.2) is 0 Å². The summed E-state index contributed by atoms with van der Waals surface area (Å²) in [6, 6.07) is 0.274. The summed E-state index contributed by atoms with van der Waals surface area (Å²) < 4.78 is 0. The van der Waals surface area contributed by atoms with Gasteiger partial charge in [-0.2, -0.15) is 0 Å². The van der Waals surface area contributed by atoms with E-state index in [1.807, 2.05) is 9.80 Å². The number of rotatable bonds is 5. The number of carbonyl (C=O) groups is 1. The number of piperazine rings is 1. The van der Waals surface area contributed by atoms with E-state index in [4.69, 9.17) is 0 Å². The van der Waals surface area contributed by atoms with Gasteiger partial charge in [-0.3, -0.25) is 9.69 Å². The highest BCUT2D eigenvalue weighted by Crippen LogP contribution is 2.05. The molecular weight excluding hydrogens is 230 g/mol. The van der Waals surface area contributed by atoms with E-state index in [0.29, 0.717) is 13.1 Å². The summed E-state index contributed by atoms with van der Waals surface area (Å²) in [5.74, 6) is 0.178. The molecule has 1 amide bonds. The third kappa shape index (κ3) is 4.92. The summed E-state index contributed by atoms with van der Waals surface area (Å²) in [5.41, 5.74) is 0. The van der Waals surface area contributed by atoms with E-state index >= 15 is 0 Å². The van der Waals surface area contributed by atoms with Gasteiger partial charge in [0.1, 0.15) is 0 Å². The highest BCUT2D eigenvalue weighted by Gasteiger charge is 2.22. The number of aliphatic hydroxyl groups is 1. The third-order valence-corrected chi connectivity index (χ3v) is 3.42. The number of hydrogen-bond acceptors (Lipinski definition) is 4. The van der Waals surface area contributed by atoms with E-state index in [2.05, 4.69) is 25.8 Å². The fourth-order valence-electron chi connectivity index (χ4n) is 2.13. The van der Waals surface area contributed by atoms with Crippen molar-refractivity contribution in [3.63, 3.8) is 0 Å². The lowest BCUT2D eigenvalue weighted by molar-refractivity contribution is -0.134. The second-order valence-corrected chi connectivity index (χ2v) is 5.56. The molecule has 0 bridgehead atoms. The standard InChI is InChI=1S/C13H27N3O2/c1-11(2)16(9-12(3)17)10-13(18)15-7-5-14(4)6-8-15/h11-12,17H,5-10H2,1-4H3. The summed E-state index contributed by atoms with van der Waals surface area (Å²) in [6.07, 6.45) is -0.396. The molecule has 0 radical (unpaired) electrons. The summed E-state index contributed by atoms with van der Waals surface area (Å²) in [5, 5.41) is 9.46. The summed E-state index contributed by atoms with van der Waals surface area (Å²) in [4.78, 5) is 18.4. The van der Waals surface area contributed by atoms with Gasteiger partial charge >= 0.3 is 0 Å². The van der Waals surface area contributed by atoms with E-state index in [0.717, 1.165) is 26.2 Å². The molecule has 1 saturated heterocycles. The number of carbonyl (C=O) groups excluding carboxylic acids is 1. The Bertz CT molecular complexity index is 261. The molecule has 1 rings (SSSR count). The van der Waals surface area contributed by atoms with Gasteiger partial charge in [0.2, 0.25) is 5.91 Å². The predicted octanol–water partition coefficient (Wildman–Crippen LogP) is -0.148. The van der Waals surface area contributed by atoms with E-state index in [-0.39, 0.29) is 11.9 Å². The molecule has 1 heterocycles. The van der Waals surface area contributed by atoms with Gasteiger partial charge in [-0.15, -0.1) is 0 Å². The fraction of sp³-hybridized carbons (Fsp3) is 0.923. The largest absolute Gasteiger partial charge is 0.392 e. The Kier molecular flexibility index (Phi) is 6.05. The summed E-state index contributed by atoms with van der Waals surface area (Å²) >= 11 is 0. The van der Waals surface area contributed by atoms with Gasteiger partial charge < -0.3 is 14.9 Å². The van der Waals surface area contributed by atoms with Crippen molar-refractivity contribution < 1.29 is 9.90 Å². The summed E-state index contributed by atoms with van der Waals surface area (Å²) in [6.45, 7) is 10.4. The quantitative estimate of drug-likeness (QED) is 0.744. The van der Waals surface area contributed by atoms with Crippen molar-refractivity contribution in [2.75, 3.05) is 46.3 Å². The minimum atomic E-state index is -0.396. The van der Waals surface area contributed by atoms with Crippen LogP contribution >= 0.6 is 0 Å². The lowest BCUT2D eigenvalue weighted by Gasteiger charge is -2.35. The maximum atomic E-state index is 12.2. The molecule has 18 heavy (non-hydrogen) atoms. The molecule has 5 heteroatoms. The van der Waals surface area contributed by atoms with Crippen molar-refractivity contribution in [3.8, 4) is 0 Å². The van der Waals surface area contributed by atoms with Gasteiger partial charge in [-0.05, 0) is 27.8 Å². The molecule has 106 valence electrons. The smallest absolute Gasteiger partial charge is 0.236 e. The van der Waals surface area contributed by atoms with E-state index in [1.165, 1.54) is 0 Å². The first-order valence-corrected chi connectivity index (χ1v) is 6.78. The average molecular weight is 257 g/mol. The molecule has 1 aliphatic heterocycles. The Morgan fingerprint density at radius 3 is 2.22 bits per heavy atom. The number of hydrogen-bond donors (Lipinski definition) is 1. The van der Waals surface area contributed by atoms with Crippen LogP contribution in [-0.2, 0) is 4.79 Å². The molecule has 0 aromatic heterocycles. The van der Waals surface area contributed by atoms with E-state index < -0.39 is 6.10 Å². The van der Waals surface area contributed by atoms with Crippen molar-refractivity contribution >= 4 is 5.91 Å². The Morgan fingerprint density at radius 1 is 1.22 bits per heavy atom. The molecule has 0 aromatic rings. The summed E-state index contributed by atoms with van der Waals surface area (Å²) in [7, 11) is 2.08. The van der Waals surface area contributed by atoms with Crippen LogP contribution < -0.4 is 0 Å². The Morgan fingerprint density at radius 2 is 1.78 bits per heavy atom. The SMILES string of the molecule is CC(O)CN(CC(=O)N1CCN(C)CC1)C(C)C. The maximum Gasteiger partial charge on any atom is 0.236 e. The maximum absolute atomic E-state index is 12.2. The number of amides is 1. The molecule has 0 spiro atoms. The fourth-order valence-corrected chi connectivity index (χ4v) is 2.13. The number of aliphatic hydroxyl groups excluding tert-OH is 1. The lowest BCUT2D eigenvalue weighted by Crippen LogP contribution is -2.51. The van der Waals surface area contributed by atoms with E-state index in [9.17, 15) is 9.90 Å². The molecule has 0 aliphatic carbocycles. The second-order valence-electron chi connectivity index (χ2n) is 5.56. The minimum absolute atomic E-state index is 0.178. The molecular formula is C13H27N3O2.